The first kappa shape index (κ1) is 13.5. The number of carbonyl (C=O) groups excluding carboxylic acids is 1. The van der Waals surface area contributed by atoms with Gasteiger partial charge in [0.2, 0.25) is 5.91 Å². The van der Waals surface area contributed by atoms with Crippen molar-refractivity contribution in [1.29, 1.82) is 0 Å². The molecule has 0 bridgehead atoms. The van der Waals surface area contributed by atoms with Crippen molar-refractivity contribution in [2.45, 2.75) is 57.1 Å². The number of hydrogen-bond acceptors (Lipinski definition) is 3. The number of ether oxygens (including phenoxy) is 1. The summed E-state index contributed by atoms with van der Waals surface area (Å²) in [6, 6.07) is 0. The van der Waals surface area contributed by atoms with Gasteiger partial charge in [0.1, 0.15) is 0 Å². The molecule has 4 heteroatoms. The van der Waals surface area contributed by atoms with Crippen LogP contribution in [0.25, 0.3) is 0 Å². The summed E-state index contributed by atoms with van der Waals surface area (Å²) in [4.78, 5) is 11.7. The van der Waals surface area contributed by atoms with Gasteiger partial charge in [0, 0.05) is 25.6 Å². The molecular formula is C12H24N2O2. The van der Waals surface area contributed by atoms with Gasteiger partial charge in [-0.15, -0.1) is 0 Å². The molecule has 1 rings (SSSR count). The first-order valence-electron chi connectivity index (χ1n) is 5.98. The largest absolute Gasteiger partial charge is 0.377 e. The monoisotopic (exact) mass is 228 g/mol. The van der Waals surface area contributed by atoms with Gasteiger partial charge < -0.3 is 15.8 Å². The van der Waals surface area contributed by atoms with Crippen LogP contribution in [-0.2, 0) is 9.53 Å². The molecule has 1 aliphatic rings. The van der Waals surface area contributed by atoms with E-state index in [0.29, 0.717) is 13.0 Å². The standard InChI is InChI=1S/C12H24N2O2/c1-11(2,16-3)9-14-10(15)8-12(13)6-4-5-7-12/h4-9,13H2,1-3H3,(H,14,15). The van der Waals surface area contributed by atoms with Gasteiger partial charge in [-0.05, 0) is 26.7 Å². The zero-order valence-electron chi connectivity index (χ0n) is 10.6. The number of amides is 1. The molecule has 1 aliphatic carbocycles. The Morgan fingerprint density at radius 1 is 1.44 bits per heavy atom. The summed E-state index contributed by atoms with van der Waals surface area (Å²) < 4.78 is 5.24. The normalized spacial score (nSPS) is 19.8. The molecule has 1 amide bonds. The van der Waals surface area contributed by atoms with Crippen molar-refractivity contribution in [3.63, 3.8) is 0 Å². The van der Waals surface area contributed by atoms with Gasteiger partial charge in [-0.1, -0.05) is 12.8 Å². The Morgan fingerprint density at radius 2 is 2.00 bits per heavy atom. The summed E-state index contributed by atoms with van der Waals surface area (Å²) in [5.41, 5.74) is 5.56. The highest BCUT2D eigenvalue weighted by atomic mass is 16.5. The van der Waals surface area contributed by atoms with Gasteiger partial charge in [-0.25, -0.2) is 0 Å². The Balaban J connectivity index is 2.31. The predicted molar refractivity (Wildman–Crippen MR) is 64.1 cm³/mol. The summed E-state index contributed by atoms with van der Waals surface area (Å²) >= 11 is 0. The number of nitrogens with one attached hydrogen (secondary N) is 1. The molecule has 0 aromatic rings. The molecule has 1 saturated carbocycles. The zero-order valence-corrected chi connectivity index (χ0v) is 10.6. The highest BCUT2D eigenvalue weighted by Crippen LogP contribution is 2.29. The highest BCUT2D eigenvalue weighted by Gasteiger charge is 2.32. The van der Waals surface area contributed by atoms with E-state index in [1.54, 1.807) is 7.11 Å². The summed E-state index contributed by atoms with van der Waals surface area (Å²) in [5, 5.41) is 2.88. The van der Waals surface area contributed by atoms with Crippen LogP contribution in [0, 0.1) is 0 Å². The van der Waals surface area contributed by atoms with Crippen molar-refractivity contribution in [3.05, 3.63) is 0 Å². The zero-order chi connectivity index (χ0) is 12.2. The second-order valence-corrected chi connectivity index (χ2v) is 5.49. The Kier molecular flexibility index (Phi) is 4.33. The van der Waals surface area contributed by atoms with Gasteiger partial charge >= 0.3 is 0 Å². The average molecular weight is 228 g/mol. The van der Waals surface area contributed by atoms with Gasteiger partial charge in [-0.3, -0.25) is 4.79 Å². The van der Waals surface area contributed by atoms with Gasteiger partial charge in [0.05, 0.1) is 5.60 Å². The van der Waals surface area contributed by atoms with Crippen molar-refractivity contribution < 1.29 is 9.53 Å². The molecule has 4 nitrogen and oxygen atoms in total. The van der Waals surface area contributed by atoms with E-state index in [9.17, 15) is 4.79 Å². The van der Waals surface area contributed by atoms with E-state index in [2.05, 4.69) is 5.32 Å². The third-order valence-corrected chi connectivity index (χ3v) is 3.38. The van der Waals surface area contributed by atoms with Crippen LogP contribution in [0.3, 0.4) is 0 Å². The molecule has 0 saturated heterocycles. The van der Waals surface area contributed by atoms with Crippen LogP contribution < -0.4 is 11.1 Å². The van der Waals surface area contributed by atoms with Crippen LogP contribution >= 0.6 is 0 Å². The Morgan fingerprint density at radius 3 is 2.50 bits per heavy atom. The Labute approximate surface area is 97.9 Å². The van der Waals surface area contributed by atoms with Crippen LogP contribution in [0.2, 0.25) is 0 Å². The van der Waals surface area contributed by atoms with E-state index in [4.69, 9.17) is 10.5 Å². The minimum Gasteiger partial charge on any atom is -0.377 e. The molecule has 0 heterocycles. The first-order valence-corrected chi connectivity index (χ1v) is 5.98. The quantitative estimate of drug-likeness (QED) is 0.743. The lowest BCUT2D eigenvalue weighted by Crippen LogP contribution is -2.45. The summed E-state index contributed by atoms with van der Waals surface area (Å²) in [6.07, 6.45) is 4.66. The second-order valence-electron chi connectivity index (χ2n) is 5.49. The molecule has 0 aromatic heterocycles. The van der Waals surface area contributed by atoms with Gasteiger partial charge in [0.15, 0.2) is 0 Å². The van der Waals surface area contributed by atoms with Crippen LogP contribution in [-0.4, -0.2) is 30.7 Å². The minimum atomic E-state index is -0.312. The molecule has 94 valence electrons. The van der Waals surface area contributed by atoms with E-state index in [1.165, 1.54) is 0 Å². The smallest absolute Gasteiger partial charge is 0.221 e. The third kappa shape index (κ3) is 4.10. The molecule has 0 atom stereocenters. The molecule has 0 unspecified atom stereocenters. The molecule has 1 fully saturated rings. The average Bonchev–Trinajstić information content (AvgIpc) is 2.62. The lowest BCUT2D eigenvalue weighted by molar-refractivity contribution is -0.123. The van der Waals surface area contributed by atoms with Crippen molar-refractivity contribution in [2.75, 3.05) is 13.7 Å². The minimum absolute atomic E-state index is 0.0366. The number of carbonyl (C=O) groups is 1. The lowest BCUT2D eigenvalue weighted by atomic mass is 9.94. The van der Waals surface area contributed by atoms with Crippen molar-refractivity contribution in [1.82, 2.24) is 5.32 Å². The summed E-state index contributed by atoms with van der Waals surface area (Å²) in [5.74, 6) is 0.0366. The van der Waals surface area contributed by atoms with Crippen LogP contribution in [0.1, 0.15) is 46.0 Å². The van der Waals surface area contributed by atoms with Crippen LogP contribution in [0.15, 0.2) is 0 Å². The summed E-state index contributed by atoms with van der Waals surface area (Å²) in [6.45, 7) is 4.42. The maximum absolute atomic E-state index is 11.7. The molecule has 3 N–H and O–H groups in total. The summed E-state index contributed by atoms with van der Waals surface area (Å²) in [7, 11) is 1.65. The van der Waals surface area contributed by atoms with Gasteiger partial charge in [0.25, 0.3) is 0 Å². The van der Waals surface area contributed by atoms with Gasteiger partial charge in [-0.2, -0.15) is 0 Å². The fourth-order valence-electron chi connectivity index (χ4n) is 2.02. The maximum atomic E-state index is 11.7. The van der Waals surface area contributed by atoms with Crippen LogP contribution in [0.4, 0.5) is 0 Å². The SMILES string of the molecule is COC(C)(C)CNC(=O)CC1(N)CCCC1. The number of nitrogens with two attached hydrogens (primary N) is 1. The maximum Gasteiger partial charge on any atom is 0.221 e. The molecule has 0 aromatic carbocycles. The van der Waals surface area contributed by atoms with Crippen LogP contribution in [0.5, 0.6) is 0 Å². The first-order chi connectivity index (χ1) is 7.37. The molecular weight excluding hydrogens is 204 g/mol. The molecule has 16 heavy (non-hydrogen) atoms. The van der Waals surface area contributed by atoms with Crippen molar-refractivity contribution >= 4 is 5.91 Å². The molecule has 0 aliphatic heterocycles. The topological polar surface area (TPSA) is 64.3 Å². The molecule has 0 spiro atoms. The van der Waals surface area contributed by atoms with E-state index in [-0.39, 0.29) is 17.0 Å². The van der Waals surface area contributed by atoms with E-state index < -0.39 is 0 Å². The Bertz CT molecular complexity index is 245. The number of hydrogen-bond donors (Lipinski definition) is 2. The van der Waals surface area contributed by atoms with E-state index in [0.717, 1.165) is 25.7 Å². The predicted octanol–water partition coefficient (Wildman–Crippen LogP) is 1.19. The lowest BCUT2D eigenvalue weighted by Gasteiger charge is -2.26. The fourth-order valence-corrected chi connectivity index (χ4v) is 2.02. The molecule has 0 radical (unpaired) electrons. The highest BCUT2D eigenvalue weighted by molar-refractivity contribution is 5.77. The van der Waals surface area contributed by atoms with E-state index in [1.807, 2.05) is 13.8 Å². The number of rotatable bonds is 5. The second kappa shape index (κ2) is 5.15. The van der Waals surface area contributed by atoms with Crippen molar-refractivity contribution in [2.24, 2.45) is 5.73 Å². The van der Waals surface area contributed by atoms with E-state index >= 15 is 0 Å². The Hall–Kier alpha value is -0.610. The fraction of sp³-hybridized carbons (Fsp3) is 0.917. The third-order valence-electron chi connectivity index (χ3n) is 3.38. The number of methoxy groups -OCH3 is 1. The van der Waals surface area contributed by atoms with Crippen molar-refractivity contribution in [3.8, 4) is 0 Å².